The standard InChI is InChI=1S/C21H20O7/c1-24-15-5-6-16(19(12-15)28-13-21(23)25-2)17(22)7-3-14-4-8-18-20(11-14)27-10-9-26-18/h3-8,11-12H,9-10,13H2,1-2H3. The van der Waals surface area contributed by atoms with Crippen LogP contribution in [0.3, 0.4) is 0 Å². The van der Waals surface area contributed by atoms with Crippen molar-refractivity contribution in [3.63, 3.8) is 0 Å². The Morgan fingerprint density at radius 1 is 1.04 bits per heavy atom. The minimum absolute atomic E-state index is 0.238. The third-order valence-electron chi connectivity index (χ3n) is 4.02. The maximum atomic E-state index is 12.7. The molecule has 7 heteroatoms. The van der Waals surface area contributed by atoms with E-state index < -0.39 is 5.97 Å². The second-order valence-electron chi connectivity index (χ2n) is 5.83. The van der Waals surface area contributed by atoms with Crippen LogP contribution < -0.4 is 18.9 Å². The second kappa shape index (κ2) is 8.94. The van der Waals surface area contributed by atoms with E-state index in [-0.39, 0.29) is 18.1 Å². The maximum absolute atomic E-state index is 12.7. The van der Waals surface area contributed by atoms with Crippen molar-refractivity contribution in [3.8, 4) is 23.0 Å². The fourth-order valence-electron chi connectivity index (χ4n) is 2.57. The molecule has 0 aromatic heterocycles. The van der Waals surface area contributed by atoms with Crippen molar-refractivity contribution < 1.29 is 33.3 Å². The first-order chi connectivity index (χ1) is 13.6. The summed E-state index contributed by atoms with van der Waals surface area (Å²) in [5.74, 6) is 1.25. The van der Waals surface area contributed by atoms with Crippen LogP contribution in [0.1, 0.15) is 15.9 Å². The third-order valence-corrected chi connectivity index (χ3v) is 4.02. The minimum atomic E-state index is -0.548. The van der Waals surface area contributed by atoms with E-state index in [2.05, 4.69) is 4.74 Å². The molecule has 0 unspecified atom stereocenters. The van der Waals surface area contributed by atoms with Gasteiger partial charge in [-0.25, -0.2) is 4.79 Å². The van der Waals surface area contributed by atoms with Gasteiger partial charge in [-0.3, -0.25) is 4.79 Å². The molecule has 0 atom stereocenters. The average molecular weight is 384 g/mol. The summed E-state index contributed by atoms with van der Waals surface area (Å²) in [6, 6.07) is 10.2. The van der Waals surface area contributed by atoms with Gasteiger partial charge in [0.2, 0.25) is 0 Å². The Kier molecular flexibility index (Phi) is 6.16. The first-order valence-electron chi connectivity index (χ1n) is 8.60. The van der Waals surface area contributed by atoms with Crippen LogP contribution in [0.2, 0.25) is 0 Å². The molecule has 2 aromatic carbocycles. The quantitative estimate of drug-likeness (QED) is 0.412. The van der Waals surface area contributed by atoms with Crippen molar-refractivity contribution in [3.05, 3.63) is 53.6 Å². The van der Waals surface area contributed by atoms with Crippen molar-refractivity contribution in [2.75, 3.05) is 34.0 Å². The monoisotopic (exact) mass is 384 g/mol. The number of benzene rings is 2. The molecule has 0 N–H and O–H groups in total. The molecule has 3 rings (SSSR count). The van der Waals surface area contributed by atoms with Crippen LogP contribution in [-0.2, 0) is 9.53 Å². The number of fused-ring (bicyclic) bond motifs is 1. The van der Waals surface area contributed by atoms with E-state index in [1.165, 1.54) is 20.3 Å². The summed E-state index contributed by atoms with van der Waals surface area (Å²) < 4.78 is 26.2. The van der Waals surface area contributed by atoms with Gasteiger partial charge in [-0.15, -0.1) is 0 Å². The highest BCUT2D eigenvalue weighted by molar-refractivity contribution is 6.08. The van der Waals surface area contributed by atoms with Gasteiger partial charge >= 0.3 is 5.97 Å². The molecule has 1 aliphatic heterocycles. The molecule has 0 radical (unpaired) electrons. The summed E-state index contributed by atoms with van der Waals surface area (Å²) in [7, 11) is 2.77. The lowest BCUT2D eigenvalue weighted by Gasteiger charge is -2.18. The van der Waals surface area contributed by atoms with E-state index in [1.807, 2.05) is 6.07 Å². The number of hydrogen-bond donors (Lipinski definition) is 0. The first-order valence-corrected chi connectivity index (χ1v) is 8.60. The lowest BCUT2D eigenvalue weighted by atomic mass is 10.1. The number of ketones is 1. The highest BCUT2D eigenvalue weighted by atomic mass is 16.6. The van der Waals surface area contributed by atoms with Gasteiger partial charge in [0.1, 0.15) is 24.7 Å². The third kappa shape index (κ3) is 4.62. The SMILES string of the molecule is COC(=O)COc1cc(OC)ccc1C(=O)C=Cc1ccc2c(c1)OCCO2. The number of allylic oxidation sites excluding steroid dienone is 1. The van der Waals surface area contributed by atoms with Crippen LogP contribution in [0.15, 0.2) is 42.5 Å². The molecule has 2 aromatic rings. The summed E-state index contributed by atoms with van der Waals surface area (Å²) in [4.78, 5) is 24.0. The van der Waals surface area contributed by atoms with Crippen molar-refractivity contribution in [1.29, 1.82) is 0 Å². The van der Waals surface area contributed by atoms with Crippen molar-refractivity contribution in [2.45, 2.75) is 0 Å². The van der Waals surface area contributed by atoms with E-state index in [4.69, 9.17) is 18.9 Å². The van der Waals surface area contributed by atoms with E-state index in [9.17, 15) is 9.59 Å². The lowest BCUT2D eigenvalue weighted by molar-refractivity contribution is -0.142. The predicted octanol–water partition coefficient (Wildman–Crippen LogP) is 2.91. The summed E-state index contributed by atoms with van der Waals surface area (Å²) in [5.41, 5.74) is 1.10. The summed E-state index contributed by atoms with van der Waals surface area (Å²) in [5, 5.41) is 0. The molecular weight excluding hydrogens is 364 g/mol. The summed E-state index contributed by atoms with van der Waals surface area (Å²) in [6.07, 6.45) is 3.10. The Labute approximate surface area is 162 Å². The Morgan fingerprint density at radius 2 is 1.82 bits per heavy atom. The van der Waals surface area contributed by atoms with Gasteiger partial charge in [0.15, 0.2) is 23.9 Å². The van der Waals surface area contributed by atoms with Gasteiger partial charge in [0.05, 0.1) is 19.8 Å². The van der Waals surface area contributed by atoms with E-state index in [1.54, 1.807) is 36.4 Å². The van der Waals surface area contributed by atoms with Crippen molar-refractivity contribution in [1.82, 2.24) is 0 Å². The van der Waals surface area contributed by atoms with Crippen molar-refractivity contribution in [2.24, 2.45) is 0 Å². The number of carbonyl (C=O) groups excluding carboxylic acids is 2. The van der Waals surface area contributed by atoms with Gasteiger partial charge in [0, 0.05) is 6.07 Å². The molecule has 0 aliphatic carbocycles. The van der Waals surface area contributed by atoms with Gasteiger partial charge in [0.25, 0.3) is 0 Å². The van der Waals surface area contributed by atoms with Gasteiger partial charge in [-0.2, -0.15) is 0 Å². The average Bonchev–Trinajstić information content (AvgIpc) is 2.75. The molecule has 146 valence electrons. The van der Waals surface area contributed by atoms with E-state index in [0.29, 0.717) is 36.0 Å². The number of esters is 1. The minimum Gasteiger partial charge on any atom is -0.497 e. The number of ether oxygens (including phenoxy) is 5. The van der Waals surface area contributed by atoms with Gasteiger partial charge in [-0.1, -0.05) is 12.1 Å². The molecule has 0 fully saturated rings. The second-order valence-corrected chi connectivity index (χ2v) is 5.83. The molecule has 1 heterocycles. The first kappa shape index (κ1) is 19.3. The molecule has 0 spiro atoms. The van der Waals surface area contributed by atoms with Gasteiger partial charge < -0.3 is 23.7 Å². The smallest absolute Gasteiger partial charge is 0.343 e. The molecule has 0 saturated carbocycles. The molecule has 7 nitrogen and oxygen atoms in total. The van der Waals surface area contributed by atoms with Crippen LogP contribution in [0.25, 0.3) is 6.08 Å². The topological polar surface area (TPSA) is 80.3 Å². The highest BCUT2D eigenvalue weighted by Crippen LogP contribution is 2.31. The summed E-state index contributed by atoms with van der Waals surface area (Å²) in [6.45, 7) is 0.703. The molecule has 0 bridgehead atoms. The largest absolute Gasteiger partial charge is 0.497 e. The fourth-order valence-corrected chi connectivity index (χ4v) is 2.57. The number of hydrogen-bond acceptors (Lipinski definition) is 7. The molecule has 0 amide bonds. The fraction of sp³-hybridized carbons (Fsp3) is 0.238. The number of rotatable bonds is 7. The van der Waals surface area contributed by atoms with Crippen LogP contribution in [0, 0.1) is 0 Å². The molecule has 1 aliphatic rings. The Bertz CT molecular complexity index is 902. The Balaban J connectivity index is 1.79. The van der Waals surface area contributed by atoms with Crippen LogP contribution >= 0.6 is 0 Å². The van der Waals surface area contributed by atoms with E-state index >= 15 is 0 Å². The summed E-state index contributed by atoms with van der Waals surface area (Å²) >= 11 is 0. The number of carbonyl (C=O) groups is 2. The zero-order valence-electron chi connectivity index (χ0n) is 15.6. The molecule has 28 heavy (non-hydrogen) atoms. The van der Waals surface area contributed by atoms with E-state index in [0.717, 1.165) is 5.56 Å². The van der Waals surface area contributed by atoms with Crippen molar-refractivity contribution >= 4 is 17.8 Å². The lowest BCUT2D eigenvalue weighted by Crippen LogP contribution is -2.15. The zero-order chi connectivity index (χ0) is 19.9. The van der Waals surface area contributed by atoms with Crippen LogP contribution in [0.5, 0.6) is 23.0 Å². The Morgan fingerprint density at radius 3 is 2.57 bits per heavy atom. The van der Waals surface area contributed by atoms with Gasteiger partial charge in [-0.05, 0) is 35.9 Å². The predicted molar refractivity (Wildman–Crippen MR) is 101 cm³/mol. The zero-order valence-corrected chi connectivity index (χ0v) is 15.6. The normalized spacial score (nSPS) is 12.5. The highest BCUT2D eigenvalue weighted by Gasteiger charge is 2.14. The molecule has 0 saturated heterocycles. The van der Waals surface area contributed by atoms with Crippen LogP contribution in [0.4, 0.5) is 0 Å². The molecular formula is C21H20O7. The van der Waals surface area contributed by atoms with Crippen LogP contribution in [-0.4, -0.2) is 45.8 Å². The Hall–Kier alpha value is -3.48. The number of methoxy groups -OCH3 is 2. The maximum Gasteiger partial charge on any atom is 0.343 e.